The van der Waals surface area contributed by atoms with E-state index in [1.807, 2.05) is 0 Å². The summed E-state index contributed by atoms with van der Waals surface area (Å²) in [4.78, 5) is 47.0. The van der Waals surface area contributed by atoms with Crippen LogP contribution >= 0.6 is 46.2 Å². The number of carboxylic acids is 1. The molecule has 12 nitrogen and oxygen atoms in total. The quantitative estimate of drug-likeness (QED) is 0.189. The maximum Gasteiger partial charge on any atom is 0.353 e. The molecule has 16 heteroatoms. The van der Waals surface area contributed by atoms with E-state index in [9.17, 15) is 24.7 Å². The van der Waals surface area contributed by atoms with Crippen LogP contribution < -0.4 is 11.1 Å². The zero-order valence-electron chi connectivity index (χ0n) is 16.1. The van der Waals surface area contributed by atoms with Gasteiger partial charge in [-0.25, -0.2) is 14.8 Å². The number of aliphatic carboxylic acids is 1. The van der Waals surface area contributed by atoms with Crippen molar-refractivity contribution in [1.29, 1.82) is 0 Å². The number of carbonyl (C=O) groups excluding carboxylic acids is 2. The maximum absolute atomic E-state index is 12.8. The number of nitrogen functional groups attached to an aromatic ring is 1. The van der Waals surface area contributed by atoms with Crippen molar-refractivity contribution in [3.8, 4) is 0 Å². The third-order valence-corrected chi connectivity index (χ3v) is 7.57. The molecule has 4 heterocycles. The summed E-state index contributed by atoms with van der Waals surface area (Å²) < 4.78 is 4.20. The molecular weight excluding hydrogens is 502 g/mol. The van der Waals surface area contributed by atoms with Crippen molar-refractivity contribution in [2.24, 2.45) is 5.16 Å². The molecular formula is C16H14ClN7O5S3. The number of β-lactam (4-membered cyclic amide) rings is 1. The highest BCUT2D eigenvalue weighted by atomic mass is 35.5. The number of carboxylic acid groups (broad SMARTS) is 1. The van der Waals surface area contributed by atoms with Gasteiger partial charge in [0.25, 0.3) is 11.8 Å². The van der Waals surface area contributed by atoms with Gasteiger partial charge in [0.05, 0.1) is 6.04 Å². The molecule has 0 aromatic carbocycles. The predicted octanol–water partition coefficient (Wildman–Crippen LogP) is 1.29. The van der Waals surface area contributed by atoms with Crippen LogP contribution in [0.2, 0.25) is 4.34 Å². The molecule has 4 rings (SSSR count). The van der Waals surface area contributed by atoms with Gasteiger partial charge >= 0.3 is 5.97 Å². The van der Waals surface area contributed by atoms with E-state index in [0.717, 1.165) is 33.0 Å². The number of rotatable bonds is 6. The molecule has 2 unspecified atom stereocenters. The summed E-state index contributed by atoms with van der Waals surface area (Å²) in [5.41, 5.74) is 4.79. The summed E-state index contributed by atoms with van der Waals surface area (Å²) in [5, 5.41) is 25.7. The number of nitrogens with one attached hydrogen (secondary N) is 1. The monoisotopic (exact) mass is 515 g/mol. The summed E-state index contributed by atoms with van der Waals surface area (Å²) in [6.07, 6.45) is 0.774. The molecule has 1 fully saturated rings. The predicted molar refractivity (Wildman–Crippen MR) is 117 cm³/mol. The van der Waals surface area contributed by atoms with Crippen LogP contribution in [-0.2, 0) is 14.4 Å². The number of halogens is 1. The number of hydrogen-bond donors (Lipinski definition) is 4. The van der Waals surface area contributed by atoms with Gasteiger partial charge in [0.15, 0.2) is 10.8 Å². The number of nitrogens with zero attached hydrogens (tertiary/aromatic N) is 5. The van der Waals surface area contributed by atoms with E-state index in [1.54, 1.807) is 6.92 Å². The van der Waals surface area contributed by atoms with Gasteiger partial charge in [-0.2, -0.15) is 4.37 Å². The van der Waals surface area contributed by atoms with Gasteiger partial charge in [-0.05, 0) is 31.3 Å². The molecule has 32 heavy (non-hydrogen) atoms. The van der Waals surface area contributed by atoms with Crippen LogP contribution in [0.1, 0.15) is 23.5 Å². The number of fused-ring (bicyclic) bond motifs is 1. The Kier molecular flexibility index (Phi) is 6.07. The number of thioether (sulfide) groups is 1. The van der Waals surface area contributed by atoms with Crippen LogP contribution in [0.4, 0.5) is 5.13 Å². The Labute approximate surface area is 197 Å². The number of thiazole rings is 1. The molecule has 1 saturated heterocycles. The largest absolute Gasteiger partial charge is 0.477 e. The van der Waals surface area contributed by atoms with E-state index < -0.39 is 35.6 Å². The Morgan fingerprint density at radius 3 is 2.72 bits per heavy atom. The fraction of sp³-hybridized carbons (Fsp3) is 0.312. The molecule has 2 amide bonds. The third-order valence-electron chi connectivity index (χ3n) is 4.75. The first-order valence-corrected chi connectivity index (χ1v) is 11.7. The highest BCUT2D eigenvalue weighted by Gasteiger charge is 2.54. The van der Waals surface area contributed by atoms with E-state index in [4.69, 9.17) is 17.3 Å². The standard InChI is InChI=1S/C16H14ClN7O5S3/c1-4-19-16(23-32-4)30-6-3-2-5-7(13(26)24(5)10(6)14(27)28)20-12(25)9(22-29)8-11(17)31-15(18)21-8/h5,7,29H,2-3H2,1H3,(H2,18,21)(H,20,25)(H,27,28)/b22-9-. The van der Waals surface area contributed by atoms with E-state index >= 15 is 0 Å². The SMILES string of the molecule is Cc1nc(SC2=C(C(=O)O)N3C(=O)C(NC(=O)/C(=N\O)c4nc(N)sc4Cl)C3CC2)ns1. The van der Waals surface area contributed by atoms with Gasteiger partial charge in [0.2, 0.25) is 5.16 Å². The second kappa shape index (κ2) is 8.65. The number of oxime groups is 1. The second-order valence-electron chi connectivity index (χ2n) is 6.66. The van der Waals surface area contributed by atoms with Crippen molar-refractivity contribution in [2.75, 3.05) is 5.73 Å². The number of amides is 2. The number of anilines is 1. The fourth-order valence-corrected chi connectivity index (χ4v) is 5.96. The van der Waals surface area contributed by atoms with Gasteiger partial charge in [-0.1, -0.05) is 39.9 Å². The summed E-state index contributed by atoms with van der Waals surface area (Å²) in [7, 11) is 0. The van der Waals surface area contributed by atoms with Crippen molar-refractivity contribution in [2.45, 2.75) is 37.0 Å². The van der Waals surface area contributed by atoms with Crippen molar-refractivity contribution < 1.29 is 24.7 Å². The molecule has 2 atom stereocenters. The number of hydrogen-bond acceptors (Lipinski definition) is 12. The average molecular weight is 516 g/mol. The zero-order valence-corrected chi connectivity index (χ0v) is 19.3. The molecule has 2 aromatic heterocycles. The number of aryl methyl sites for hydroxylation is 1. The van der Waals surface area contributed by atoms with Crippen LogP contribution in [0.15, 0.2) is 20.9 Å². The van der Waals surface area contributed by atoms with Crippen molar-refractivity contribution in [3.05, 3.63) is 25.6 Å². The fourth-order valence-electron chi connectivity index (χ4n) is 3.43. The van der Waals surface area contributed by atoms with E-state index in [1.165, 1.54) is 11.5 Å². The summed E-state index contributed by atoms with van der Waals surface area (Å²) in [6, 6.07) is -1.56. The highest BCUT2D eigenvalue weighted by Crippen LogP contribution is 2.42. The van der Waals surface area contributed by atoms with Gasteiger partial charge in [0, 0.05) is 4.91 Å². The minimum absolute atomic E-state index is 0.0494. The lowest BCUT2D eigenvalue weighted by atomic mass is 9.86. The highest BCUT2D eigenvalue weighted by molar-refractivity contribution is 8.03. The van der Waals surface area contributed by atoms with Crippen molar-refractivity contribution in [1.82, 2.24) is 24.6 Å². The Morgan fingerprint density at radius 1 is 1.41 bits per heavy atom. The van der Waals surface area contributed by atoms with Crippen LogP contribution in [0.5, 0.6) is 0 Å². The smallest absolute Gasteiger partial charge is 0.353 e. The number of aromatic nitrogens is 3. The first-order chi connectivity index (χ1) is 15.2. The number of nitrogens with two attached hydrogens (primary N) is 1. The van der Waals surface area contributed by atoms with E-state index in [2.05, 4.69) is 24.8 Å². The average Bonchev–Trinajstić information content (AvgIpc) is 3.30. The molecule has 0 radical (unpaired) electrons. The topological polar surface area (TPSA) is 184 Å². The van der Waals surface area contributed by atoms with Gasteiger partial charge in [0.1, 0.15) is 26.8 Å². The molecule has 0 saturated carbocycles. The third kappa shape index (κ3) is 3.92. The van der Waals surface area contributed by atoms with Crippen LogP contribution in [0, 0.1) is 6.92 Å². The van der Waals surface area contributed by atoms with Crippen LogP contribution in [0.3, 0.4) is 0 Å². The van der Waals surface area contributed by atoms with E-state index in [-0.39, 0.29) is 20.9 Å². The van der Waals surface area contributed by atoms with Crippen LogP contribution in [0.25, 0.3) is 0 Å². The molecule has 0 bridgehead atoms. The van der Waals surface area contributed by atoms with E-state index in [0.29, 0.717) is 22.9 Å². The summed E-state index contributed by atoms with van der Waals surface area (Å²) in [5.74, 6) is -2.74. The van der Waals surface area contributed by atoms with Gasteiger partial charge in [-0.15, -0.1) is 0 Å². The lowest BCUT2D eigenvalue weighted by Gasteiger charge is -2.49. The molecule has 2 aromatic rings. The Hall–Kier alpha value is -2.75. The lowest BCUT2D eigenvalue weighted by Crippen LogP contribution is -2.72. The zero-order chi connectivity index (χ0) is 23.2. The molecule has 0 spiro atoms. The Bertz CT molecular complexity index is 1190. The summed E-state index contributed by atoms with van der Waals surface area (Å²) >= 11 is 9.17. The van der Waals surface area contributed by atoms with Crippen molar-refractivity contribution >= 4 is 74.9 Å². The molecule has 2 aliphatic rings. The molecule has 0 aliphatic carbocycles. The van der Waals surface area contributed by atoms with Crippen molar-refractivity contribution in [3.63, 3.8) is 0 Å². The Morgan fingerprint density at radius 2 is 2.16 bits per heavy atom. The maximum atomic E-state index is 12.8. The number of carbonyl (C=O) groups is 3. The lowest BCUT2D eigenvalue weighted by molar-refractivity contribution is -0.155. The number of allylic oxidation sites excluding steroid dienone is 1. The molecule has 2 aliphatic heterocycles. The first kappa shape index (κ1) is 22.4. The van der Waals surface area contributed by atoms with Gasteiger partial charge in [-0.3, -0.25) is 14.5 Å². The normalized spacial score (nSPS) is 20.8. The molecule has 5 N–H and O–H groups in total. The molecule has 168 valence electrons. The van der Waals surface area contributed by atoms with Crippen LogP contribution in [-0.4, -0.2) is 65.1 Å². The van der Waals surface area contributed by atoms with Gasteiger partial charge < -0.3 is 21.4 Å². The minimum Gasteiger partial charge on any atom is -0.477 e. The summed E-state index contributed by atoms with van der Waals surface area (Å²) in [6.45, 7) is 1.79. The minimum atomic E-state index is -1.26. The Balaban J connectivity index is 1.53. The second-order valence-corrected chi connectivity index (χ2v) is 10.3. The first-order valence-electron chi connectivity index (χ1n) is 8.94.